The molecule has 3 fully saturated rings. The number of benzene rings is 2. The molecule has 1 saturated carbocycles. The van der Waals surface area contributed by atoms with E-state index in [2.05, 4.69) is 5.32 Å². The fourth-order valence-corrected chi connectivity index (χ4v) is 5.86. The van der Waals surface area contributed by atoms with Gasteiger partial charge in [0.05, 0.1) is 18.7 Å². The van der Waals surface area contributed by atoms with Crippen LogP contribution < -0.4 is 14.8 Å². The maximum Gasteiger partial charge on any atom is 0.327 e. The number of hydrogen-bond donors (Lipinski definition) is 1. The molecule has 2 aromatic carbocycles. The molecule has 4 amide bonds. The van der Waals surface area contributed by atoms with Gasteiger partial charge in [0.15, 0.2) is 17.6 Å². The smallest absolute Gasteiger partial charge is 0.327 e. The van der Waals surface area contributed by atoms with Gasteiger partial charge in [-0.1, -0.05) is 49.2 Å². The average Bonchev–Trinajstić information content (AvgIpc) is 3.53. The summed E-state index contributed by atoms with van der Waals surface area (Å²) < 4.78 is 17.1. The van der Waals surface area contributed by atoms with Crippen molar-refractivity contribution in [3.63, 3.8) is 0 Å². The Hall–Kier alpha value is -3.59. The topological polar surface area (TPSA) is 97.4 Å². The first-order valence-electron chi connectivity index (χ1n) is 12.5. The minimum Gasteiger partial charge on any atom is -0.454 e. The Labute approximate surface area is 209 Å². The molecule has 2 saturated heterocycles. The number of nitrogens with one attached hydrogen (secondary N) is 1. The molecule has 36 heavy (non-hydrogen) atoms. The normalized spacial score (nSPS) is 26.6. The number of ether oxygens (including phenoxy) is 3. The number of carbonyl (C=O) groups is 3. The van der Waals surface area contributed by atoms with Gasteiger partial charge in [-0.25, -0.2) is 4.79 Å². The molecule has 0 spiro atoms. The summed E-state index contributed by atoms with van der Waals surface area (Å²) in [5, 5.41) is 2.92. The van der Waals surface area contributed by atoms with Gasteiger partial charge in [-0.15, -0.1) is 0 Å². The molecule has 1 N–H and O–H groups in total. The number of nitrogens with zero attached hydrogens (tertiary/aromatic N) is 2. The second kappa shape index (κ2) is 9.46. The summed E-state index contributed by atoms with van der Waals surface area (Å²) >= 11 is 0. The van der Waals surface area contributed by atoms with Gasteiger partial charge in [0.25, 0.3) is 5.91 Å². The maximum atomic E-state index is 13.7. The largest absolute Gasteiger partial charge is 0.454 e. The molecule has 3 heterocycles. The number of imide groups is 1. The van der Waals surface area contributed by atoms with Crippen LogP contribution in [0, 0.1) is 5.92 Å². The lowest BCUT2D eigenvalue weighted by Crippen LogP contribution is -2.65. The van der Waals surface area contributed by atoms with Gasteiger partial charge >= 0.3 is 6.03 Å². The van der Waals surface area contributed by atoms with Crippen LogP contribution in [0.2, 0.25) is 0 Å². The third kappa shape index (κ3) is 4.17. The van der Waals surface area contributed by atoms with Gasteiger partial charge in [0.2, 0.25) is 12.7 Å². The van der Waals surface area contributed by atoms with Crippen molar-refractivity contribution in [1.29, 1.82) is 0 Å². The van der Waals surface area contributed by atoms with Crippen molar-refractivity contribution in [2.75, 3.05) is 13.3 Å². The highest BCUT2D eigenvalue weighted by Gasteiger charge is 2.57. The Morgan fingerprint density at radius 1 is 0.972 bits per heavy atom. The lowest BCUT2D eigenvalue weighted by atomic mass is 9.81. The van der Waals surface area contributed by atoms with Crippen molar-refractivity contribution >= 4 is 17.8 Å². The Kier molecular flexibility index (Phi) is 6.00. The molecule has 4 aliphatic rings. The Bertz CT molecular complexity index is 1170. The zero-order valence-electron chi connectivity index (χ0n) is 19.9. The van der Waals surface area contributed by atoms with Crippen LogP contribution in [0.5, 0.6) is 11.5 Å². The number of fused-ring (bicyclic) bond motifs is 4. The molecule has 4 atom stereocenters. The fraction of sp³-hybridized carbons (Fsp3) is 0.444. The van der Waals surface area contributed by atoms with E-state index in [1.807, 2.05) is 36.4 Å². The van der Waals surface area contributed by atoms with Crippen LogP contribution in [-0.4, -0.2) is 59.2 Å². The van der Waals surface area contributed by atoms with E-state index in [0.717, 1.165) is 36.8 Å². The summed E-state index contributed by atoms with van der Waals surface area (Å²) in [5.74, 6) is 0.685. The van der Waals surface area contributed by atoms with Gasteiger partial charge in [-0.2, -0.15) is 0 Å². The fourth-order valence-electron chi connectivity index (χ4n) is 5.86. The second-order valence-corrected chi connectivity index (χ2v) is 9.82. The Morgan fingerprint density at radius 2 is 1.78 bits per heavy atom. The van der Waals surface area contributed by atoms with E-state index in [1.54, 1.807) is 17.0 Å². The number of amides is 4. The molecule has 9 heteroatoms. The monoisotopic (exact) mass is 491 g/mol. The quantitative estimate of drug-likeness (QED) is 0.668. The summed E-state index contributed by atoms with van der Waals surface area (Å²) in [7, 11) is 0. The number of carbonyl (C=O) groups excluding carboxylic acids is 3. The van der Waals surface area contributed by atoms with E-state index in [-0.39, 0.29) is 43.7 Å². The maximum absolute atomic E-state index is 13.7. The van der Waals surface area contributed by atoms with Crippen LogP contribution in [0.3, 0.4) is 0 Å². The van der Waals surface area contributed by atoms with E-state index < -0.39 is 18.2 Å². The van der Waals surface area contributed by atoms with E-state index in [0.29, 0.717) is 18.0 Å². The number of urea groups is 1. The van der Waals surface area contributed by atoms with Crippen LogP contribution in [0.4, 0.5) is 4.79 Å². The molecule has 1 aliphatic carbocycles. The summed E-state index contributed by atoms with van der Waals surface area (Å²) in [6.45, 7) is 0.466. The van der Waals surface area contributed by atoms with Crippen molar-refractivity contribution in [2.24, 2.45) is 5.92 Å². The molecular weight excluding hydrogens is 462 g/mol. The lowest BCUT2D eigenvalue weighted by molar-refractivity contribution is -0.148. The molecule has 0 aromatic heterocycles. The molecule has 9 nitrogen and oxygen atoms in total. The van der Waals surface area contributed by atoms with Crippen LogP contribution in [0.25, 0.3) is 0 Å². The van der Waals surface area contributed by atoms with Crippen molar-refractivity contribution in [3.8, 4) is 11.5 Å². The van der Waals surface area contributed by atoms with Gasteiger partial charge in [0, 0.05) is 12.5 Å². The van der Waals surface area contributed by atoms with Crippen molar-refractivity contribution in [2.45, 2.75) is 57.0 Å². The molecule has 0 radical (unpaired) electrons. The van der Waals surface area contributed by atoms with Crippen molar-refractivity contribution in [1.82, 2.24) is 15.1 Å². The van der Waals surface area contributed by atoms with E-state index in [1.165, 1.54) is 4.90 Å². The van der Waals surface area contributed by atoms with Crippen molar-refractivity contribution < 1.29 is 28.6 Å². The SMILES string of the molecule is O=C(CN1C(=O)N(Cc2ccc3c(c2)OCO3)C(=O)C2OC3CCCCC3C21)NCc1ccccc1. The molecule has 188 valence electrons. The Morgan fingerprint density at radius 3 is 2.64 bits per heavy atom. The zero-order chi connectivity index (χ0) is 24.6. The second-order valence-electron chi connectivity index (χ2n) is 9.82. The zero-order valence-corrected chi connectivity index (χ0v) is 19.9. The third-order valence-corrected chi connectivity index (χ3v) is 7.59. The first kappa shape index (κ1) is 22.8. The average molecular weight is 492 g/mol. The van der Waals surface area contributed by atoms with E-state index in [9.17, 15) is 14.4 Å². The lowest BCUT2D eigenvalue weighted by Gasteiger charge is -2.43. The molecular formula is C27H29N3O6. The highest BCUT2D eigenvalue weighted by molar-refractivity contribution is 6.01. The predicted molar refractivity (Wildman–Crippen MR) is 128 cm³/mol. The predicted octanol–water partition coefficient (Wildman–Crippen LogP) is 2.82. The molecule has 2 aromatic rings. The van der Waals surface area contributed by atoms with Gasteiger partial charge in [0.1, 0.15) is 6.54 Å². The minimum absolute atomic E-state index is 0.0614. The van der Waals surface area contributed by atoms with Crippen LogP contribution in [0.15, 0.2) is 48.5 Å². The number of hydrogen-bond acceptors (Lipinski definition) is 6. The molecule has 3 aliphatic heterocycles. The highest BCUT2D eigenvalue weighted by Crippen LogP contribution is 2.43. The Balaban J connectivity index is 1.23. The van der Waals surface area contributed by atoms with Crippen LogP contribution >= 0.6 is 0 Å². The van der Waals surface area contributed by atoms with Gasteiger partial charge in [-0.3, -0.25) is 14.5 Å². The van der Waals surface area contributed by atoms with Gasteiger partial charge < -0.3 is 24.4 Å². The summed E-state index contributed by atoms with van der Waals surface area (Å²) in [6.07, 6.45) is 3.01. The summed E-state index contributed by atoms with van der Waals surface area (Å²) in [6, 6.07) is 14.1. The minimum atomic E-state index is -0.758. The van der Waals surface area contributed by atoms with E-state index in [4.69, 9.17) is 14.2 Å². The first-order valence-corrected chi connectivity index (χ1v) is 12.5. The van der Waals surface area contributed by atoms with Crippen molar-refractivity contribution in [3.05, 3.63) is 59.7 Å². The molecule has 6 rings (SSSR count). The van der Waals surface area contributed by atoms with E-state index >= 15 is 0 Å². The third-order valence-electron chi connectivity index (χ3n) is 7.59. The van der Waals surface area contributed by atoms with Crippen LogP contribution in [-0.2, 0) is 27.4 Å². The summed E-state index contributed by atoms with van der Waals surface area (Å²) in [5.41, 5.74) is 1.72. The first-order chi connectivity index (χ1) is 17.6. The number of rotatable bonds is 6. The standard InChI is InChI=1S/C27H29N3O6/c31-23(28-13-17-6-2-1-3-7-17)15-29-24-19-8-4-5-9-20(19)36-25(24)26(32)30(27(29)33)14-18-10-11-21-22(12-18)35-16-34-21/h1-3,6-7,10-12,19-20,24-25H,4-5,8-9,13-16H2,(H,28,31). The highest BCUT2D eigenvalue weighted by atomic mass is 16.7. The molecule has 4 unspecified atom stereocenters. The molecule has 0 bridgehead atoms. The van der Waals surface area contributed by atoms with Crippen LogP contribution in [0.1, 0.15) is 36.8 Å². The van der Waals surface area contributed by atoms with Gasteiger partial charge in [-0.05, 0) is 36.1 Å². The summed E-state index contributed by atoms with van der Waals surface area (Å²) in [4.78, 5) is 43.0.